The Morgan fingerprint density at radius 1 is 0.567 bits per heavy atom. The topological polar surface area (TPSA) is 40.5 Å². The molecule has 4 aromatic carbocycles. The monoisotopic (exact) mass is 434 g/mol. The zero-order valence-electron chi connectivity index (χ0n) is 16.3. The van der Waals surface area contributed by atoms with E-state index in [-0.39, 0.29) is 17.4 Å². The average molecular weight is 435 g/mol. The summed E-state index contributed by atoms with van der Waals surface area (Å²) in [5, 5.41) is 20.5. The van der Waals surface area contributed by atoms with Crippen LogP contribution in [-0.2, 0) is 0 Å². The number of phenolic OH excluding ortho intramolecular Hbond substituents is 2. The summed E-state index contributed by atoms with van der Waals surface area (Å²) in [6.07, 6.45) is 0. The van der Waals surface area contributed by atoms with Gasteiger partial charge in [-0.05, 0) is 58.7 Å². The lowest BCUT2D eigenvalue weighted by atomic mass is 9.83. The van der Waals surface area contributed by atoms with Crippen molar-refractivity contribution in [1.82, 2.24) is 0 Å². The molecule has 150 valence electrons. The van der Waals surface area contributed by atoms with Gasteiger partial charge in [0.15, 0.2) is 0 Å². The van der Waals surface area contributed by atoms with Gasteiger partial charge in [0.05, 0.1) is 10.0 Å². The van der Waals surface area contributed by atoms with Crippen LogP contribution in [0.3, 0.4) is 0 Å². The SMILES string of the molecule is CC(c1ccccc1-c1ccc(O)cc1Cl)c1ccccc1-c1ccc(O)cc1Cl. The molecular formula is C26H20Cl2O2. The van der Waals surface area contributed by atoms with Crippen molar-refractivity contribution in [1.29, 1.82) is 0 Å². The highest BCUT2D eigenvalue weighted by Gasteiger charge is 2.19. The van der Waals surface area contributed by atoms with Crippen LogP contribution in [0.4, 0.5) is 0 Å². The van der Waals surface area contributed by atoms with E-state index in [0.717, 1.165) is 33.4 Å². The molecule has 2 N–H and O–H groups in total. The van der Waals surface area contributed by atoms with Crippen molar-refractivity contribution in [2.75, 3.05) is 0 Å². The van der Waals surface area contributed by atoms with Gasteiger partial charge in [0.1, 0.15) is 11.5 Å². The minimum Gasteiger partial charge on any atom is -0.508 e. The van der Waals surface area contributed by atoms with Crippen LogP contribution in [0.15, 0.2) is 84.9 Å². The van der Waals surface area contributed by atoms with E-state index in [4.69, 9.17) is 23.2 Å². The Hall–Kier alpha value is -2.94. The Bertz CT molecular complexity index is 1120. The third kappa shape index (κ3) is 3.89. The lowest BCUT2D eigenvalue weighted by Gasteiger charge is -2.21. The van der Waals surface area contributed by atoms with E-state index in [0.29, 0.717) is 10.0 Å². The number of halogens is 2. The lowest BCUT2D eigenvalue weighted by molar-refractivity contribution is 0.475. The van der Waals surface area contributed by atoms with Crippen molar-refractivity contribution >= 4 is 23.2 Å². The molecule has 0 saturated heterocycles. The zero-order valence-corrected chi connectivity index (χ0v) is 17.8. The van der Waals surface area contributed by atoms with Gasteiger partial charge >= 0.3 is 0 Å². The molecule has 0 fully saturated rings. The minimum absolute atomic E-state index is 0.0483. The van der Waals surface area contributed by atoms with Crippen LogP contribution in [0.1, 0.15) is 24.0 Å². The quantitative estimate of drug-likeness (QED) is 0.342. The molecule has 0 heterocycles. The van der Waals surface area contributed by atoms with Gasteiger partial charge in [-0.2, -0.15) is 0 Å². The average Bonchev–Trinajstić information content (AvgIpc) is 2.73. The Balaban J connectivity index is 1.85. The molecule has 0 unspecified atom stereocenters. The molecule has 0 spiro atoms. The van der Waals surface area contributed by atoms with Crippen molar-refractivity contribution in [3.63, 3.8) is 0 Å². The smallest absolute Gasteiger partial charge is 0.117 e. The third-order valence-corrected chi connectivity index (χ3v) is 5.97. The van der Waals surface area contributed by atoms with Crippen molar-refractivity contribution in [3.8, 4) is 33.8 Å². The molecule has 0 aliphatic rings. The van der Waals surface area contributed by atoms with E-state index in [1.807, 2.05) is 48.5 Å². The van der Waals surface area contributed by atoms with E-state index in [1.54, 1.807) is 24.3 Å². The predicted octanol–water partition coefficient (Wildman–Crippen LogP) is 7.89. The molecule has 0 radical (unpaired) electrons. The molecule has 4 rings (SSSR count). The minimum atomic E-state index is 0.0483. The summed E-state index contributed by atoms with van der Waals surface area (Å²) in [6, 6.07) is 26.4. The highest BCUT2D eigenvalue weighted by Crippen LogP contribution is 2.41. The fourth-order valence-corrected chi connectivity index (χ4v) is 4.41. The number of benzene rings is 4. The molecule has 4 heteroatoms. The number of rotatable bonds is 4. The molecular weight excluding hydrogens is 415 g/mol. The summed E-state index contributed by atoms with van der Waals surface area (Å²) in [7, 11) is 0. The fraction of sp³-hybridized carbons (Fsp3) is 0.0769. The van der Waals surface area contributed by atoms with E-state index in [9.17, 15) is 10.2 Å². The van der Waals surface area contributed by atoms with Crippen LogP contribution in [0.25, 0.3) is 22.3 Å². The second kappa shape index (κ2) is 8.43. The summed E-state index contributed by atoms with van der Waals surface area (Å²) in [4.78, 5) is 0. The lowest BCUT2D eigenvalue weighted by Crippen LogP contribution is -2.01. The van der Waals surface area contributed by atoms with Crippen molar-refractivity contribution in [3.05, 3.63) is 106 Å². The van der Waals surface area contributed by atoms with Gasteiger partial charge in [0.25, 0.3) is 0 Å². The molecule has 0 aromatic heterocycles. The zero-order chi connectivity index (χ0) is 21.3. The summed E-state index contributed by atoms with van der Waals surface area (Å²) >= 11 is 12.9. The largest absolute Gasteiger partial charge is 0.508 e. The highest BCUT2D eigenvalue weighted by molar-refractivity contribution is 6.34. The van der Waals surface area contributed by atoms with Crippen molar-refractivity contribution < 1.29 is 10.2 Å². The molecule has 2 nitrogen and oxygen atoms in total. The van der Waals surface area contributed by atoms with Gasteiger partial charge in [-0.25, -0.2) is 0 Å². The normalized spacial score (nSPS) is 11.1. The van der Waals surface area contributed by atoms with E-state index in [1.165, 1.54) is 0 Å². The first-order valence-corrected chi connectivity index (χ1v) is 10.4. The maximum Gasteiger partial charge on any atom is 0.117 e. The van der Waals surface area contributed by atoms with Crippen molar-refractivity contribution in [2.45, 2.75) is 12.8 Å². The standard InChI is InChI=1S/C26H20Cl2O2/c1-16(19-6-2-4-8-21(19)23-12-10-17(29)14-25(23)27)20-7-3-5-9-22(20)24-13-11-18(30)15-26(24)28/h2-16,29-30H,1H3. The summed E-state index contributed by atoms with van der Waals surface area (Å²) in [5.74, 6) is 0.329. The van der Waals surface area contributed by atoms with Gasteiger partial charge < -0.3 is 10.2 Å². The summed E-state index contributed by atoms with van der Waals surface area (Å²) in [5.41, 5.74) is 6.01. The Labute approximate surface area is 186 Å². The van der Waals surface area contributed by atoms with Crippen LogP contribution >= 0.6 is 23.2 Å². The molecule has 0 bridgehead atoms. The molecule has 4 aromatic rings. The van der Waals surface area contributed by atoms with E-state index < -0.39 is 0 Å². The molecule has 0 saturated carbocycles. The molecule has 0 atom stereocenters. The number of hydrogen-bond donors (Lipinski definition) is 2. The van der Waals surface area contributed by atoms with Crippen LogP contribution in [0.5, 0.6) is 11.5 Å². The maximum absolute atomic E-state index is 9.73. The fourth-order valence-electron chi connectivity index (χ4n) is 3.85. The van der Waals surface area contributed by atoms with Crippen LogP contribution < -0.4 is 0 Å². The first-order chi connectivity index (χ1) is 14.5. The summed E-state index contributed by atoms with van der Waals surface area (Å²) < 4.78 is 0. The van der Waals surface area contributed by atoms with Gasteiger partial charge in [-0.15, -0.1) is 0 Å². The second-order valence-electron chi connectivity index (χ2n) is 7.22. The van der Waals surface area contributed by atoms with Crippen LogP contribution in [0, 0.1) is 0 Å². The van der Waals surface area contributed by atoms with Gasteiger partial charge in [-0.3, -0.25) is 0 Å². The van der Waals surface area contributed by atoms with Gasteiger partial charge in [-0.1, -0.05) is 78.7 Å². The number of hydrogen-bond acceptors (Lipinski definition) is 2. The maximum atomic E-state index is 9.73. The Morgan fingerprint density at radius 3 is 1.37 bits per heavy atom. The van der Waals surface area contributed by atoms with Gasteiger partial charge in [0, 0.05) is 17.0 Å². The molecule has 0 aliphatic carbocycles. The first kappa shape index (κ1) is 20.3. The van der Waals surface area contributed by atoms with Gasteiger partial charge in [0.2, 0.25) is 0 Å². The van der Waals surface area contributed by atoms with Crippen molar-refractivity contribution in [2.24, 2.45) is 0 Å². The summed E-state index contributed by atoms with van der Waals surface area (Å²) in [6.45, 7) is 2.15. The van der Waals surface area contributed by atoms with Crippen LogP contribution in [-0.4, -0.2) is 10.2 Å². The predicted molar refractivity (Wildman–Crippen MR) is 125 cm³/mol. The number of phenols is 2. The Kier molecular flexibility index (Phi) is 5.72. The number of aromatic hydroxyl groups is 2. The molecule has 0 aliphatic heterocycles. The highest BCUT2D eigenvalue weighted by atomic mass is 35.5. The van der Waals surface area contributed by atoms with E-state index >= 15 is 0 Å². The van der Waals surface area contributed by atoms with Crippen LogP contribution in [0.2, 0.25) is 10.0 Å². The molecule has 0 amide bonds. The van der Waals surface area contributed by atoms with E-state index in [2.05, 4.69) is 19.1 Å². The molecule has 30 heavy (non-hydrogen) atoms. The second-order valence-corrected chi connectivity index (χ2v) is 8.04. The first-order valence-electron chi connectivity index (χ1n) is 9.61. The third-order valence-electron chi connectivity index (χ3n) is 5.34. The Morgan fingerprint density at radius 2 is 0.967 bits per heavy atom.